The topological polar surface area (TPSA) is 119 Å². The highest BCUT2D eigenvalue weighted by Crippen LogP contribution is 2.17. The average molecular weight is 327 g/mol. The van der Waals surface area contributed by atoms with Crippen LogP contribution in [0.4, 0.5) is 0 Å². The molecule has 3 heterocycles. The van der Waals surface area contributed by atoms with Gasteiger partial charge in [-0.25, -0.2) is 5.14 Å². The molecule has 2 aromatic heterocycles. The predicted molar refractivity (Wildman–Crippen MR) is 76.6 cm³/mol. The Bertz CT molecular complexity index is 712. The Hall–Kier alpha value is -1.75. The van der Waals surface area contributed by atoms with Gasteiger partial charge in [-0.3, -0.25) is 4.90 Å². The highest BCUT2D eigenvalue weighted by Gasteiger charge is 2.23. The third-order valence-corrected chi connectivity index (χ3v) is 4.60. The SMILES string of the molecule is NS(=O)(=O)N1CCCN(Cc2nc(-c3ccoc3)no2)CC1. The number of furan rings is 1. The molecule has 0 unspecified atom stereocenters. The second kappa shape index (κ2) is 6.16. The van der Waals surface area contributed by atoms with E-state index in [4.69, 9.17) is 14.1 Å². The van der Waals surface area contributed by atoms with E-state index in [9.17, 15) is 8.42 Å². The molecule has 22 heavy (non-hydrogen) atoms. The molecular weight excluding hydrogens is 310 g/mol. The summed E-state index contributed by atoms with van der Waals surface area (Å²) < 4.78 is 34.2. The van der Waals surface area contributed by atoms with Crippen molar-refractivity contribution >= 4 is 10.2 Å². The van der Waals surface area contributed by atoms with E-state index in [1.165, 1.54) is 4.31 Å². The molecule has 120 valence electrons. The van der Waals surface area contributed by atoms with Crippen LogP contribution in [0.15, 0.2) is 27.5 Å². The second-order valence-corrected chi connectivity index (χ2v) is 6.64. The van der Waals surface area contributed by atoms with Crippen molar-refractivity contribution in [1.82, 2.24) is 19.3 Å². The quantitative estimate of drug-likeness (QED) is 0.842. The van der Waals surface area contributed by atoms with Crippen LogP contribution < -0.4 is 5.14 Å². The first kappa shape index (κ1) is 15.2. The zero-order valence-electron chi connectivity index (χ0n) is 11.9. The molecule has 1 aliphatic heterocycles. The Morgan fingerprint density at radius 3 is 2.86 bits per heavy atom. The molecule has 1 aliphatic rings. The van der Waals surface area contributed by atoms with Crippen molar-refractivity contribution in [3.05, 3.63) is 24.5 Å². The Labute approximate surface area is 127 Å². The minimum atomic E-state index is -3.63. The first-order valence-corrected chi connectivity index (χ1v) is 8.38. The van der Waals surface area contributed by atoms with Crippen molar-refractivity contribution in [3.63, 3.8) is 0 Å². The summed E-state index contributed by atoms with van der Waals surface area (Å²) in [6.07, 6.45) is 3.80. The molecule has 0 amide bonds. The van der Waals surface area contributed by atoms with Crippen molar-refractivity contribution in [3.8, 4) is 11.4 Å². The Kier molecular flexibility index (Phi) is 4.25. The van der Waals surface area contributed by atoms with E-state index in [0.29, 0.717) is 44.3 Å². The fraction of sp³-hybridized carbons (Fsp3) is 0.500. The predicted octanol–water partition coefficient (Wildman–Crippen LogP) is 0.0408. The van der Waals surface area contributed by atoms with Crippen LogP contribution in [-0.4, -0.2) is 53.9 Å². The third-order valence-electron chi connectivity index (χ3n) is 3.51. The largest absolute Gasteiger partial charge is 0.472 e. The summed E-state index contributed by atoms with van der Waals surface area (Å²) in [4.78, 5) is 6.38. The van der Waals surface area contributed by atoms with Gasteiger partial charge in [0.2, 0.25) is 11.7 Å². The van der Waals surface area contributed by atoms with Crippen molar-refractivity contribution in [2.75, 3.05) is 26.2 Å². The van der Waals surface area contributed by atoms with Crippen LogP contribution in [0.3, 0.4) is 0 Å². The molecule has 0 atom stereocenters. The van der Waals surface area contributed by atoms with Crippen molar-refractivity contribution in [2.24, 2.45) is 5.14 Å². The van der Waals surface area contributed by atoms with Gasteiger partial charge in [-0.1, -0.05) is 5.16 Å². The fourth-order valence-corrected chi connectivity index (χ4v) is 3.10. The van der Waals surface area contributed by atoms with Gasteiger partial charge >= 0.3 is 0 Å². The van der Waals surface area contributed by atoms with E-state index in [0.717, 1.165) is 12.1 Å². The molecule has 0 radical (unpaired) electrons. The molecule has 0 spiro atoms. The summed E-state index contributed by atoms with van der Waals surface area (Å²) in [5.41, 5.74) is 0.756. The molecule has 9 nitrogen and oxygen atoms in total. The standard InChI is InChI=1S/C12H17N5O4S/c13-22(18,19)17-4-1-3-16(5-6-17)8-11-14-12(15-21-11)10-2-7-20-9-10/h2,7,9H,1,3-6,8H2,(H2,13,18,19). The van der Waals surface area contributed by atoms with Crippen molar-refractivity contribution < 1.29 is 17.4 Å². The lowest BCUT2D eigenvalue weighted by atomic mass is 10.3. The van der Waals surface area contributed by atoms with Gasteiger partial charge < -0.3 is 8.94 Å². The highest BCUT2D eigenvalue weighted by molar-refractivity contribution is 7.86. The van der Waals surface area contributed by atoms with Crippen LogP contribution >= 0.6 is 0 Å². The van der Waals surface area contributed by atoms with Crippen molar-refractivity contribution in [1.29, 1.82) is 0 Å². The zero-order valence-corrected chi connectivity index (χ0v) is 12.7. The first-order valence-electron chi connectivity index (χ1n) is 6.88. The Morgan fingerprint density at radius 2 is 2.14 bits per heavy atom. The van der Waals surface area contributed by atoms with Crippen LogP contribution in [0.2, 0.25) is 0 Å². The molecule has 0 bridgehead atoms. The van der Waals surface area contributed by atoms with E-state index >= 15 is 0 Å². The lowest BCUT2D eigenvalue weighted by Crippen LogP contribution is -2.39. The molecule has 0 saturated carbocycles. The molecule has 0 aliphatic carbocycles. The van der Waals surface area contributed by atoms with Crippen LogP contribution in [0.1, 0.15) is 12.3 Å². The third kappa shape index (κ3) is 3.53. The van der Waals surface area contributed by atoms with E-state index in [1.807, 2.05) is 0 Å². The molecule has 1 fully saturated rings. The number of aromatic nitrogens is 2. The highest BCUT2D eigenvalue weighted by atomic mass is 32.2. The summed E-state index contributed by atoms with van der Waals surface area (Å²) in [5, 5.41) is 9.07. The Balaban J connectivity index is 1.62. The number of hydrogen-bond donors (Lipinski definition) is 1. The summed E-state index contributed by atoms with van der Waals surface area (Å²) in [6, 6.07) is 1.75. The van der Waals surface area contributed by atoms with Crippen LogP contribution in [0.25, 0.3) is 11.4 Å². The maximum absolute atomic E-state index is 11.4. The minimum Gasteiger partial charge on any atom is -0.472 e. The Morgan fingerprint density at radius 1 is 1.27 bits per heavy atom. The summed E-state index contributed by atoms with van der Waals surface area (Å²) in [7, 11) is -3.63. The molecule has 0 aromatic carbocycles. The number of rotatable bonds is 4. The van der Waals surface area contributed by atoms with Gasteiger partial charge in [-0.2, -0.15) is 17.7 Å². The van der Waals surface area contributed by atoms with Crippen LogP contribution in [0, 0.1) is 0 Å². The zero-order chi connectivity index (χ0) is 15.6. The van der Waals surface area contributed by atoms with Crippen LogP contribution in [0.5, 0.6) is 0 Å². The van der Waals surface area contributed by atoms with Gasteiger partial charge in [0.15, 0.2) is 0 Å². The fourth-order valence-electron chi connectivity index (χ4n) is 2.38. The normalized spacial score (nSPS) is 18.4. The van der Waals surface area contributed by atoms with Gasteiger partial charge in [0.1, 0.15) is 6.26 Å². The summed E-state index contributed by atoms with van der Waals surface area (Å²) >= 11 is 0. The van der Waals surface area contributed by atoms with E-state index in [1.54, 1.807) is 18.6 Å². The maximum Gasteiger partial charge on any atom is 0.276 e. The van der Waals surface area contributed by atoms with Crippen LogP contribution in [-0.2, 0) is 16.8 Å². The lowest BCUT2D eigenvalue weighted by molar-refractivity contribution is 0.236. The smallest absolute Gasteiger partial charge is 0.276 e. The van der Waals surface area contributed by atoms with E-state index < -0.39 is 10.2 Å². The van der Waals surface area contributed by atoms with E-state index in [2.05, 4.69) is 15.0 Å². The minimum absolute atomic E-state index is 0.363. The van der Waals surface area contributed by atoms with Crippen molar-refractivity contribution in [2.45, 2.75) is 13.0 Å². The molecule has 3 rings (SSSR count). The van der Waals surface area contributed by atoms with Gasteiger partial charge in [-0.05, 0) is 19.0 Å². The maximum atomic E-state index is 11.4. The van der Waals surface area contributed by atoms with Gasteiger partial charge in [-0.15, -0.1) is 0 Å². The number of nitrogens with two attached hydrogens (primary N) is 1. The van der Waals surface area contributed by atoms with Gasteiger partial charge in [0.05, 0.1) is 18.4 Å². The van der Waals surface area contributed by atoms with Gasteiger partial charge in [0.25, 0.3) is 10.2 Å². The average Bonchev–Trinajstić information content (AvgIpc) is 3.06. The summed E-state index contributed by atoms with van der Waals surface area (Å²) in [6.45, 7) is 2.58. The lowest BCUT2D eigenvalue weighted by Gasteiger charge is -2.18. The molecule has 10 heteroatoms. The molecular formula is C12H17N5O4S. The molecule has 2 aromatic rings. The molecule has 2 N–H and O–H groups in total. The second-order valence-electron chi connectivity index (χ2n) is 5.10. The number of hydrogen-bond acceptors (Lipinski definition) is 7. The first-order chi connectivity index (χ1) is 10.5. The van der Waals surface area contributed by atoms with E-state index in [-0.39, 0.29) is 0 Å². The summed E-state index contributed by atoms with van der Waals surface area (Å²) in [5.74, 6) is 0.963. The van der Waals surface area contributed by atoms with Gasteiger partial charge in [0, 0.05) is 19.6 Å². The monoisotopic (exact) mass is 327 g/mol. The molecule has 1 saturated heterocycles. The number of nitrogens with zero attached hydrogens (tertiary/aromatic N) is 4.